The molecule has 0 amide bonds. The van der Waals surface area contributed by atoms with Crippen LogP contribution >= 0.6 is 34.4 Å². The van der Waals surface area contributed by atoms with Gasteiger partial charge in [-0.2, -0.15) is 0 Å². The van der Waals surface area contributed by atoms with E-state index in [1.54, 1.807) is 0 Å². The van der Waals surface area contributed by atoms with Crippen molar-refractivity contribution >= 4 is 44.3 Å². The average molecular weight is 336 g/mol. The topological polar surface area (TPSA) is 72.8 Å². The van der Waals surface area contributed by atoms with Crippen LogP contribution in [0.4, 0.5) is 0 Å². The second-order valence-corrected chi connectivity index (χ2v) is 10.7. The normalized spacial score (nSPS) is 12.8. The fourth-order valence-electron chi connectivity index (χ4n) is 1.09. The van der Waals surface area contributed by atoms with Gasteiger partial charge in [-0.3, -0.25) is 0 Å². The van der Waals surface area contributed by atoms with Crippen molar-refractivity contribution in [2.45, 2.75) is 39.1 Å². The number of sulfone groups is 1. The zero-order valence-corrected chi connectivity index (χ0v) is 14.1. The molecule has 0 aromatic carbocycles. The van der Waals surface area contributed by atoms with Crippen LogP contribution in [0.2, 0.25) is 0 Å². The highest BCUT2D eigenvalue weighted by atomic mass is 32.2. The molecule has 0 aliphatic rings. The Balaban J connectivity index is 2.18. The van der Waals surface area contributed by atoms with Crippen LogP contribution in [0.25, 0.3) is 0 Å². The van der Waals surface area contributed by atoms with Gasteiger partial charge in [-0.05, 0) is 11.8 Å². The summed E-state index contributed by atoms with van der Waals surface area (Å²) in [5.74, 6) is 0. The van der Waals surface area contributed by atoms with Gasteiger partial charge in [0.15, 0.2) is 18.5 Å². The van der Waals surface area contributed by atoms with E-state index in [0.717, 1.165) is 20.7 Å². The van der Waals surface area contributed by atoms with Gasteiger partial charge in [0.2, 0.25) is 0 Å². The van der Waals surface area contributed by atoms with Crippen LogP contribution in [0.1, 0.15) is 25.8 Å². The summed E-state index contributed by atoms with van der Waals surface area (Å²) in [6.45, 7) is 6.23. The van der Waals surface area contributed by atoms with Gasteiger partial charge in [-0.15, -0.1) is 10.2 Å². The summed E-state index contributed by atoms with van der Waals surface area (Å²) in [5, 5.41) is 9.20. The van der Waals surface area contributed by atoms with E-state index in [4.69, 9.17) is 0 Å². The molecule has 0 spiro atoms. The van der Waals surface area contributed by atoms with E-state index in [1.165, 1.54) is 35.6 Å². The van der Waals surface area contributed by atoms with Crippen molar-refractivity contribution in [1.82, 2.24) is 15.2 Å². The zero-order chi connectivity index (χ0) is 14.3. The molecule has 0 fully saturated rings. The third-order valence-electron chi connectivity index (χ3n) is 2.05. The molecule has 2 heterocycles. The predicted molar refractivity (Wildman–Crippen MR) is 78.0 cm³/mol. The summed E-state index contributed by atoms with van der Waals surface area (Å²) in [4.78, 5) is 4.09. The minimum atomic E-state index is -3.18. The summed E-state index contributed by atoms with van der Waals surface area (Å²) >= 11 is 4.01. The number of aromatic nitrogens is 3. The first-order chi connectivity index (χ1) is 8.66. The molecule has 0 unspecified atom stereocenters. The fraction of sp³-hybridized carbons (Fsp3) is 0.500. The second kappa shape index (κ2) is 5.12. The standard InChI is InChI=1S/C10H13N3O2S4/c1-10(2,3)7-12-13-9(17-7)18-8-11-5-6(16-8)19(4,14)15/h5H,1-4H3. The molecule has 19 heavy (non-hydrogen) atoms. The predicted octanol–water partition coefficient (Wildman–Crippen LogP) is 2.85. The van der Waals surface area contributed by atoms with Crippen molar-refractivity contribution < 1.29 is 8.42 Å². The Morgan fingerprint density at radius 3 is 2.32 bits per heavy atom. The summed E-state index contributed by atoms with van der Waals surface area (Å²) < 4.78 is 24.5. The molecule has 0 radical (unpaired) electrons. The average Bonchev–Trinajstić information content (AvgIpc) is 2.84. The fourth-order valence-corrected chi connectivity index (χ4v) is 5.16. The van der Waals surface area contributed by atoms with E-state index in [1.807, 2.05) is 0 Å². The Morgan fingerprint density at radius 1 is 1.16 bits per heavy atom. The van der Waals surface area contributed by atoms with Gasteiger partial charge >= 0.3 is 0 Å². The maximum absolute atomic E-state index is 11.4. The molecule has 2 rings (SSSR count). The maximum Gasteiger partial charge on any atom is 0.186 e. The smallest absolute Gasteiger partial charge is 0.186 e. The maximum atomic E-state index is 11.4. The molecule has 9 heteroatoms. The van der Waals surface area contributed by atoms with Crippen LogP contribution in [-0.4, -0.2) is 29.9 Å². The largest absolute Gasteiger partial charge is 0.236 e. The van der Waals surface area contributed by atoms with Crippen LogP contribution in [0.3, 0.4) is 0 Å². The highest BCUT2D eigenvalue weighted by Crippen LogP contribution is 2.36. The molecular formula is C10H13N3O2S4. The molecule has 0 saturated heterocycles. The lowest BCUT2D eigenvalue weighted by Crippen LogP contribution is -2.10. The number of nitrogens with zero attached hydrogens (tertiary/aromatic N) is 3. The molecular weight excluding hydrogens is 322 g/mol. The van der Waals surface area contributed by atoms with Crippen molar-refractivity contribution in [1.29, 1.82) is 0 Å². The summed E-state index contributed by atoms with van der Waals surface area (Å²) in [5.41, 5.74) is -0.0305. The molecule has 0 saturated carbocycles. The number of hydrogen-bond donors (Lipinski definition) is 0. The van der Waals surface area contributed by atoms with Gasteiger partial charge < -0.3 is 0 Å². The van der Waals surface area contributed by atoms with Crippen molar-refractivity contribution in [3.8, 4) is 0 Å². The molecule has 2 aromatic heterocycles. The first-order valence-corrected chi connectivity index (χ1v) is 9.68. The Morgan fingerprint density at radius 2 is 1.84 bits per heavy atom. The molecule has 0 aliphatic carbocycles. The molecule has 0 N–H and O–H groups in total. The first-order valence-electron chi connectivity index (χ1n) is 5.34. The summed E-state index contributed by atoms with van der Waals surface area (Å²) in [6, 6.07) is 0. The lowest BCUT2D eigenvalue weighted by Gasteiger charge is -2.12. The highest BCUT2D eigenvalue weighted by molar-refractivity contribution is 8.03. The first kappa shape index (κ1) is 14.9. The van der Waals surface area contributed by atoms with Crippen LogP contribution in [-0.2, 0) is 15.3 Å². The minimum Gasteiger partial charge on any atom is -0.236 e. The van der Waals surface area contributed by atoms with Gasteiger partial charge in [0.25, 0.3) is 0 Å². The van der Waals surface area contributed by atoms with E-state index in [0.29, 0.717) is 4.34 Å². The van der Waals surface area contributed by atoms with E-state index in [2.05, 4.69) is 36.0 Å². The molecule has 2 aromatic rings. The number of rotatable bonds is 3. The Bertz CT molecular complexity index is 682. The van der Waals surface area contributed by atoms with Crippen molar-refractivity contribution in [2.75, 3.05) is 6.26 Å². The van der Waals surface area contributed by atoms with E-state index in [9.17, 15) is 8.42 Å². The second-order valence-electron chi connectivity index (χ2n) is 4.94. The van der Waals surface area contributed by atoms with Crippen molar-refractivity contribution in [3.63, 3.8) is 0 Å². The molecule has 0 bridgehead atoms. The van der Waals surface area contributed by atoms with Gasteiger partial charge in [-0.25, -0.2) is 13.4 Å². The van der Waals surface area contributed by atoms with E-state index < -0.39 is 9.84 Å². The third kappa shape index (κ3) is 3.74. The van der Waals surface area contributed by atoms with Crippen LogP contribution in [0.5, 0.6) is 0 Å². The minimum absolute atomic E-state index is 0.0305. The van der Waals surface area contributed by atoms with Gasteiger partial charge in [0, 0.05) is 11.7 Å². The lowest BCUT2D eigenvalue weighted by atomic mass is 9.98. The number of thiazole rings is 1. The Kier molecular flexibility index (Phi) is 4.01. The summed E-state index contributed by atoms with van der Waals surface area (Å²) in [7, 11) is -3.18. The van der Waals surface area contributed by atoms with Crippen molar-refractivity contribution in [3.05, 3.63) is 11.2 Å². The van der Waals surface area contributed by atoms with Crippen molar-refractivity contribution in [2.24, 2.45) is 0 Å². The van der Waals surface area contributed by atoms with Gasteiger partial charge in [-0.1, -0.05) is 43.4 Å². The molecule has 0 atom stereocenters. The van der Waals surface area contributed by atoms with Crippen LogP contribution < -0.4 is 0 Å². The van der Waals surface area contributed by atoms with E-state index in [-0.39, 0.29) is 9.62 Å². The Labute approximate surface area is 124 Å². The lowest BCUT2D eigenvalue weighted by molar-refractivity contribution is 0.577. The van der Waals surface area contributed by atoms with Gasteiger partial charge in [0.05, 0.1) is 6.20 Å². The molecule has 0 aliphatic heterocycles. The highest BCUT2D eigenvalue weighted by Gasteiger charge is 2.20. The molecule has 104 valence electrons. The number of hydrogen-bond acceptors (Lipinski definition) is 8. The van der Waals surface area contributed by atoms with Crippen LogP contribution in [0, 0.1) is 0 Å². The Hall–Kier alpha value is -0.510. The molecule has 5 nitrogen and oxygen atoms in total. The van der Waals surface area contributed by atoms with Crippen LogP contribution in [0.15, 0.2) is 19.1 Å². The third-order valence-corrected chi connectivity index (χ3v) is 7.31. The van der Waals surface area contributed by atoms with E-state index >= 15 is 0 Å². The summed E-state index contributed by atoms with van der Waals surface area (Å²) in [6.07, 6.45) is 2.56. The quantitative estimate of drug-likeness (QED) is 0.859. The monoisotopic (exact) mass is 335 g/mol. The SMILES string of the molecule is CC(C)(C)c1nnc(Sc2ncc(S(C)(=O)=O)s2)s1. The van der Waals surface area contributed by atoms with Gasteiger partial charge in [0.1, 0.15) is 9.22 Å². The zero-order valence-electron chi connectivity index (χ0n) is 10.9.